The van der Waals surface area contributed by atoms with Gasteiger partial charge in [0.15, 0.2) is 0 Å². The molecule has 7 nitrogen and oxygen atoms in total. The van der Waals surface area contributed by atoms with Gasteiger partial charge in [-0.3, -0.25) is 9.36 Å². The van der Waals surface area contributed by atoms with Crippen LogP contribution in [0.5, 0.6) is 0 Å². The Balaban J connectivity index is 1.59. The molecule has 1 saturated carbocycles. The molecule has 2 aliphatic rings. The van der Waals surface area contributed by atoms with Gasteiger partial charge in [-0.1, -0.05) is 23.2 Å². The van der Waals surface area contributed by atoms with Gasteiger partial charge in [-0.15, -0.1) is 0 Å². The number of aromatic nitrogens is 3. The third-order valence-corrected chi connectivity index (χ3v) is 6.11. The summed E-state index contributed by atoms with van der Waals surface area (Å²) in [5, 5.41) is 5.50. The first-order valence-corrected chi connectivity index (χ1v) is 10.7. The number of carbonyl (C=O) groups is 1. The molecular formula is C20H24Cl2N4O3. The number of piperidine rings is 1. The summed E-state index contributed by atoms with van der Waals surface area (Å²) in [7, 11) is 1.61. The molecule has 1 aromatic heterocycles. The number of hydrogen-bond acceptors (Lipinski definition) is 4. The Labute approximate surface area is 179 Å². The molecule has 0 bridgehead atoms. The van der Waals surface area contributed by atoms with E-state index in [4.69, 9.17) is 27.9 Å². The number of benzene rings is 1. The van der Waals surface area contributed by atoms with Crippen molar-refractivity contribution in [2.75, 3.05) is 26.8 Å². The van der Waals surface area contributed by atoms with Crippen molar-refractivity contribution in [3.8, 4) is 0 Å². The molecule has 2 aromatic rings. The Morgan fingerprint density at radius 1 is 1.28 bits per heavy atom. The van der Waals surface area contributed by atoms with E-state index in [-0.39, 0.29) is 23.6 Å². The Morgan fingerprint density at radius 2 is 2.07 bits per heavy atom. The summed E-state index contributed by atoms with van der Waals surface area (Å²) in [5.74, 6) is 0.660. The summed E-state index contributed by atoms with van der Waals surface area (Å²) in [6, 6.07) is 5.14. The fourth-order valence-electron chi connectivity index (χ4n) is 3.92. The first-order valence-electron chi connectivity index (χ1n) is 9.92. The Morgan fingerprint density at radius 3 is 2.79 bits per heavy atom. The van der Waals surface area contributed by atoms with Crippen LogP contribution in [0.2, 0.25) is 10.0 Å². The van der Waals surface area contributed by atoms with Crippen LogP contribution in [0.4, 0.5) is 0 Å². The molecule has 1 saturated heterocycles. The zero-order chi connectivity index (χ0) is 20.5. The van der Waals surface area contributed by atoms with Gasteiger partial charge in [-0.25, -0.2) is 9.48 Å². The van der Waals surface area contributed by atoms with Crippen molar-refractivity contribution in [3.63, 3.8) is 0 Å². The second kappa shape index (κ2) is 8.50. The highest BCUT2D eigenvalue weighted by atomic mass is 35.5. The molecule has 2 fully saturated rings. The maximum atomic E-state index is 13.1. The Kier molecular flexibility index (Phi) is 5.99. The van der Waals surface area contributed by atoms with E-state index in [1.807, 2.05) is 4.57 Å². The standard InChI is InChI=1S/C20H24Cl2N4O3/c1-29-10-9-25-20(28)26(15-5-6-15)18(23-25)13-3-2-8-24(12-13)19(27)16-11-14(21)4-7-17(16)22/h4,7,11,13,15H,2-3,5-6,8-10,12H2,1H3. The van der Waals surface area contributed by atoms with Crippen LogP contribution in [0.1, 0.15) is 53.8 Å². The Bertz CT molecular complexity index is 967. The molecule has 0 radical (unpaired) electrons. The average Bonchev–Trinajstić information content (AvgIpc) is 3.51. The molecule has 9 heteroatoms. The molecule has 0 N–H and O–H groups in total. The van der Waals surface area contributed by atoms with Gasteiger partial charge < -0.3 is 9.64 Å². The quantitative estimate of drug-likeness (QED) is 0.693. The van der Waals surface area contributed by atoms with Crippen molar-refractivity contribution in [2.24, 2.45) is 0 Å². The number of methoxy groups -OCH3 is 1. The number of amides is 1. The van der Waals surface area contributed by atoms with E-state index < -0.39 is 0 Å². The van der Waals surface area contributed by atoms with E-state index >= 15 is 0 Å². The first-order chi connectivity index (χ1) is 14.0. The minimum Gasteiger partial charge on any atom is -0.383 e. The third kappa shape index (κ3) is 4.22. The van der Waals surface area contributed by atoms with Gasteiger partial charge >= 0.3 is 5.69 Å². The molecule has 4 rings (SSSR count). The van der Waals surface area contributed by atoms with Crippen LogP contribution in [0.3, 0.4) is 0 Å². The lowest BCUT2D eigenvalue weighted by Crippen LogP contribution is -2.40. The summed E-state index contributed by atoms with van der Waals surface area (Å²) < 4.78 is 8.43. The van der Waals surface area contributed by atoms with Crippen LogP contribution in [0.15, 0.2) is 23.0 Å². The summed E-state index contributed by atoms with van der Waals surface area (Å²) in [4.78, 5) is 27.7. The fourth-order valence-corrected chi connectivity index (χ4v) is 4.29. The van der Waals surface area contributed by atoms with Crippen molar-refractivity contribution in [1.82, 2.24) is 19.2 Å². The van der Waals surface area contributed by atoms with Crippen LogP contribution in [-0.4, -0.2) is 52.0 Å². The number of nitrogens with zero attached hydrogens (tertiary/aromatic N) is 4. The lowest BCUT2D eigenvalue weighted by molar-refractivity contribution is 0.0703. The van der Waals surface area contributed by atoms with Crippen LogP contribution in [0.25, 0.3) is 0 Å². The zero-order valence-corrected chi connectivity index (χ0v) is 17.8. The normalized spacial score (nSPS) is 19.6. The zero-order valence-electron chi connectivity index (χ0n) is 16.3. The fraction of sp³-hybridized carbons (Fsp3) is 0.550. The number of likely N-dealkylation sites (tertiary alicyclic amines) is 1. The van der Waals surface area contributed by atoms with Crippen LogP contribution in [0, 0.1) is 0 Å². The molecule has 1 unspecified atom stereocenters. The van der Waals surface area contributed by atoms with Gasteiger partial charge in [0.1, 0.15) is 5.82 Å². The predicted octanol–water partition coefficient (Wildman–Crippen LogP) is 3.35. The van der Waals surface area contributed by atoms with Gasteiger partial charge in [0.05, 0.1) is 23.7 Å². The van der Waals surface area contributed by atoms with Crippen molar-refractivity contribution in [2.45, 2.75) is 44.2 Å². The maximum Gasteiger partial charge on any atom is 0.346 e. The highest BCUT2D eigenvalue weighted by Crippen LogP contribution is 2.37. The van der Waals surface area contributed by atoms with Gasteiger partial charge in [0, 0.05) is 37.2 Å². The number of hydrogen-bond donors (Lipinski definition) is 0. The monoisotopic (exact) mass is 438 g/mol. The second-order valence-corrected chi connectivity index (χ2v) is 8.52. The van der Waals surface area contributed by atoms with E-state index in [9.17, 15) is 9.59 Å². The number of carbonyl (C=O) groups excluding carboxylic acids is 1. The smallest absolute Gasteiger partial charge is 0.346 e. The SMILES string of the molecule is COCCn1nc(C2CCCN(C(=O)c3cc(Cl)ccc3Cl)C2)n(C2CC2)c1=O. The van der Waals surface area contributed by atoms with Crippen LogP contribution in [-0.2, 0) is 11.3 Å². The highest BCUT2D eigenvalue weighted by molar-refractivity contribution is 6.35. The molecular weight excluding hydrogens is 415 g/mol. The maximum absolute atomic E-state index is 13.1. The van der Waals surface area contributed by atoms with Gasteiger partial charge in [0.2, 0.25) is 0 Å². The van der Waals surface area contributed by atoms with E-state index in [2.05, 4.69) is 5.10 Å². The minimum atomic E-state index is -0.138. The van der Waals surface area contributed by atoms with Gasteiger partial charge in [0.25, 0.3) is 5.91 Å². The molecule has 156 valence electrons. The minimum absolute atomic E-state index is 0.0164. The Hall–Kier alpha value is -1.83. The lowest BCUT2D eigenvalue weighted by atomic mass is 9.96. The summed E-state index contributed by atoms with van der Waals surface area (Å²) >= 11 is 12.3. The number of ether oxygens (including phenoxy) is 1. The lowest BCUT2D eigenvalue weighted by Gasteiger charge is -2.32. The molecule has 1 amide bonds. The summed E-state index contributed by atoms with van der Waals surface area (Å²) in [6.07, 6.45) is 3.73. The first kappa shape index (κ1) is 20.4. The molecule has 1 aliphatic carbocycles. The summed E-state index contributed by atoms with van der Waals surface area (Å²) in [5.41, 5.74) is 0.325. The van der Waals surface area contributed by atoms with Crippen LogP contribution < -0.4 is 5.69 Å². The topological polar surface area (TPSA) is 69.4 Å². The molecule has 1 aromatic carbocycles. The number of rotatable bonds is 6. The molecule has 29 heavy (non-hydrogen) atoms. The van der Waals surface area contributed by atoms with Crippen molar-refractivity contribution >= 4 is 29.1 Å². The van der Waals surface area contributed by atoms with Crippen molar-refractivity contribution in [3.05, 3.63) is 50.1 Å². The molecule has 1 aliphatic heterocycles. The van der Waals surface area contributed by atoms with Gasteiger partial charge in [-0.2, -0.15) is 5.10 Å². The van der Waals surface area contributed by atoms with Crippen molar-refractivity contribution in [1.29, 1.82) is 0 Å². The van der Waals surface area contributed by atoms with E-state index in [1.54, 1.807) is 30.2 Å². The largest absolute Gasteiger partial charge is 0.383 e. The summed E-state index contributed by atoms with van der Waals surface area (Å²) in [6.45, 7) is 2.02. The van der Waals surface area contributed by atoms with E-state index in [1.165, 1.54) is 4.68 Å². The highest BCUT2D eigenvalue weighted by Gasteiger charge is 2.35. The van der Waals surface area contributed by atoms with Crippen LogP contribution >= 0.6 is 23.2 Å². The molecule has 1 atom stereocenters. The number of halogens is 2. The van der Waals surface area contributed by atoms with Crippen molar-refractivity contribution < 1.29 is 9.53 Å². The second-order valence-electron chi connectivity index (χ2n) is 7.67. The molecule has 0 spiro atoms. The average molecular weight is 439 g/mol. The molecule has 2 heterocycles. The third-order valence-electron chi connectivity index (χ3n) is 5.55. The van der Waals surface area contributed by atoms with E-state index in [0.717, 1.165) is 31.5 Å². The van der Waals surface area contributed by atoms with Gasteiger partial charge in [-0.05, 0) is 43.9 Å². The van der Waals surface area contributed by atoms with E-state index in [0.29, 0.717) is 41.8 Å². The predicted molar refractivity (Wildman–Crippen MR) is 111 cm³/mol.